The number of fused-ring (bicyclic) bond motifs is 2. The SMILES string of the molecule is CC(F)(F)C1=NC(C23CCC(CC2)C3)=NC1. The summed E-state index contributed by atoms with van der Waals surface area (Å²) in [6.07, 6.45) is 5.78. The van der Waals surface area contributed by atoms with Crippen LogP contribution in [0.4, 0.5) is 8.78 Å². The molecule has 0 aromatic carbocycles. The van der Waals surface area contributed by atoms with Crippen molar-refractivity contribution in [2.24, 2.45) is 21.3 Å². The molecule has 2 fully saturated rings. The first kappa shape index (κ1) is 10.4. The first-order valence-electron chi connectivity index (χ1n) is 6.00. The third-order valence-corrected chi connectivity index (χ3v) is 4.34. The average molecular weight is 226 g/mol. The van der Waals surface area contributed by atoms with E-state index in [0.29, 0.717) is 0 Å². The van der Waals surface area contributed by atoms with Gasteiger partial charge in [-0.25, -0.2) is 13.8 Å². The van der Waals surface area contributed by atoms with Gasteiger partial charge in [0.1, 0.15) is 11.5 Å². The Balaban J connectivity index is 1.85. The Bertz CT molecular complexity index is 371. The third kappa shape index (κ3) is 1.42. The lowest BCUT2D eigenvalue weighted by Gasteiger charge is -2.24. The van der Waals surface area contributed by atoms with Crippen LogP contribution in [0.1, 0.15) is 39.0 Å². The van der Waals surface area contributed by atoms with Crippen molar-refractivity contribution in [1.29, 1.82) is 0 Å². The van der Waals surface area contributed by atoms with Gasteiger partial charge in [-0.2, -0.15) is 0 Å². The Labute approximate surface area is 93.9 Å². The molecule has 0 atom stereocenters. The number of nitrogens with zero attached hydrogens (tertiary/aromatic N) is 2. The van der Waals surface area contributed by atoms with Gasteiger partial charge in [0.2, 0.25) is 0 Å². The average Bonchev–Trinajstić information content (AvgIpc) is 2.92. The van der Waals surface area contributed by atoms with Crippen molar-refractivity contribution >= 4 is 11.5 Å². The van der Waals surface area contributed by atoms with Gasteiger partial charge in [-0.15, -0.1) is 0 Å². The summed E-state index contributed by atoms with van der Waals surface area (Å²) in [5, 5.41) is 0. The minimum atomic E-state index is -2.81. The van der Waals surface area contributed by atoms with Crippen molar-refractivity contribution in [2.45, 2.75) is 45.0 Å². The quantitative estimate of drug-likeness (QED) is 0.691. The molecule has 88 valence electrons. The van der Waals surface area contributed by atoms with Crippen molar-refractivity contribution in [1.82, 2.24) is 0 Å². The second kappa shape index (κ2) is 3.11. The Kier molecular flexibility index (Phi) is 2.01. The lowest BCUT2D eigenvalue weighted by Crippen LogP contribution is -2.27. The molecule has 3 aliphatic rings. The first-order chi connectivity index (χ1) is 7.50. The van der Waals surface area contributed by atoms with E-state index in [1.807, 2.05) is 0 Å². The van der Waals surface area contributed by atoms with Crippen molar-refractivity contribution in [3.8, 4) is 0 Å². The lowest BCUT2D eigenvalue weighted by molar-refractivity contribution is 0.0997. The molecule has 3 rings (SSSR count). The van der Waals surface area contributed by atoms with Gasteiger partial charge in [0, 0.05) is 12.3 Å². The van der Waals surface area contributed by atoms with E-state index in [9.17, 15) is 8.78 Å². The topological polar surface area (TPSA) is 24.7 Å². The molecule has 2 saturated carbocycles. The maximum Gasteiger partial charge on any atom is 0.285 e. The monoisotopic (exact) mass is 226 g/mol. The summed E-state index contributed by atoms with van der Waals surface area (Å²) in [6.45, 7) is 1.01. The predicted molar refractivity (Wildman–Crippen MR) is 59.4 cm³/mol. The Morgan fingerprint density at radius 1 is 1.31 bits per heavy atom. The summed E-state index contributed by atoms with van der Waals surface area (Å²) >= 11 is 0. The number of hydrogen-bond acceptors (Lipinski definition) is 2. The number of alkyl halides is 2. The number of halogens is 2. The summed E-state index contributed by atoms with van der Waals surface area (Å²) in [7, 11) is 0. The van der Waals surface area contributed by atoms with Crippen LogP contribution in [-0.2, 0) is 0 Å². The molecule has 0 N–H and O–H groups in total. The maximum atomic E-state index is 13.1. The summed E-state index contributed by atoms with van der Waals surface area (Å²) < 4.78 is 26.2. The van der Waals surface area contributed by atoms with Crippen LogP contribution in [0.3, 0.4) is 0 Å². The zero-order chi connectivity index (χ0) is 11.4. The highest BCUT2D eigenvalue weighted by molar-refractivity contribution is 6.09. The molecule has 2 nitrogen and oxygen atoms in total. The highest BCUT2D eigenvalue weighted by Gasteiger charge is 2.50. The minimum absolute atomic E-state index is 0.0489. The van der Waals surface area contributed by atoms with Gasteiger partial charge in [0.05, 0.1) is 6.54 Å². The predicted octanol–water partition coefficient (Wildman–Crippen LogP) is 3.08. The molecule has 0 spiro atoms. The summed E-state index contributed by atoms with van der Waals surface area (Å²) in [5.41, 5.74) is 0.0183. The summed E-state index contributed by atoms with van der Waals surface area (Å²) in [6, 6.07) is 0. The van der Waals surface area contributed by atoms with E-state index in [-0.39, 0.29) is 17.7 Å². The van der Waals surface area contributed by atoms with Gasteiger partial charge in [0.15, 0.2) is 0 Å². The Hall–Kier alpha value is -0.800. The smallest absolute Gasteiger partial charge is 0.264 e. The molecule has 0 aromatic rings. The molecule has 16 heavy (non-hydrogen) atoms. The zero-order valence-corrected chi connectivity index (χ0v) is 9.47. The fourth-order valence-electron chi connectivity index (χ4n) is 3.38. The Morgan fingerprint density at radius 2 is 2.00 bits per heavy atom. The molecule has 0 saturated heterocycles. The molecule has 2 aliphatic carbocycles. The largest absolute Gasteiger partial charge is 0.285 e. The van der Waals surface area contributed by atoms with Crippen LogP contribution in [0.15, 0.2) is 9.98 Å². The van der Waals surface area contributed by atoms with Crippen LogP contribution in [0, 0.1) is 11.3 Å². The number of amidine groups is 1. The van der Waals surface area contributed by atoms with Gasteiger partial charge < -0.3 is 0 Å². The fourth-order valence-corrected chi connectivity index (χ4v) is 3.38. The van der Waals surface area contributed by atoms with Gasteiger partial charge in [0.25, 0.3) is 5.92 Å². The van der Waals surface area contributed by atoms with E-state index in [4.69, 9.17) is 0 Å². The first-order valence-corrected chi connectivity index (χ1v) is 6.00. The molecule has 4 heteroatoms. The van der Waals surface area contributed by atoms with Crippen LogP contribution in [0.5, 0.6) is 0 Å². The molecule has 1 aliphatic heterocycles. The van der Waals surface area contributed by atoms with Gasteiger partial charge in [-0.3, -0.25) is 4.99 Å². The second-order valence-corrected chi connectivity index (χ2v) is 5.51. The normalized spacial score (nSPS) is 37.8. The van der Waals surface area contributed by atoms with Crippen LogP contribution in [0.2, 0.25) is 0 Å². The highest BCUT2D eigenvalue weighted by Crippen LogP contribution is 2.55. The lowest BCUT2D eigenvalue weighted by atomic mass is 9.83. The van der Waals surface area contributed by atoms with Crippen LogP contribution in [0.25, 0.3) is 0 Å². The van der Waals surface area contributed by atoms with E-state index in [0.717, 1.165) is 37.9 Å². The number of hydrogen-bond donors (Lipinski definition) is 0. The van der Waals surface area contributed by atoms with E-state index >= 15 is 0 Å². The molecule has 0 radical (unpaired) electrons. The second-order valence-electron chi connectivity index (χ2n) is 5.51. The van der Waals surface area contributed by atoms with Gasteiger partial charge >= 0.3 is 0 Å². The fraction of sp³-hybridized carbons (Fsp3) is 0.833. The Morgan fingerprint density at radius 3 is 2.44 bits per heavy atom. The molecule has 0 amide bonds. The van der Waals surface area contributed by atoms with E-state index in [2.05, 4.69) is 9.98 Å². The van der Waals surface area contributed by atoms with Crippen LogP contribution >= 0.6 is 0 Å². The van der Waals surface area contributed by atoms with Crippen molar-refractivity contribution in [3.05, 3.63) is 0 Å². The van der Waals surface area contributed by atoms with E-state index < -0.39 is 5.92 Å². The van der Waals surface area contributed by atoms with Crippen LogP contribution < -0.4 is 0 Å². The van der Waals surface area contributed by atoms with E-state index in [1.54, 1.807) is 0 Å². The highest BCUT2D eigenvalue weighted by atomic mass is 19.3. The van der Waals surface area contributed by atoms with Gasteiger partial charge in [-0.05, 0) is 38.0 Å². The van der Waals surface area contributed by atoms with E-state index in [1.165, 1.54) is 12.8 Å². The summed E-state index contributed by atoms with van der Waals surface area (Å²) in [5.74, 6) is -1.29. The zero-order valence-electron chi connectivity index (χ0n) is 9.47. The molecular formula is C12H16F2N2. The molecule has 2 bridgehead atoms. The molecule has 0 aromatic heterocycles. The van der Waals surface area contributed by atoms with Crippen molar-refractivity contribution in [3.63, 3.8) is 0 Å². The number of aliphatic imine (C=N–C) groups is 2. The standard InChI is InChI=1S/C12H16F2N2/c1-11(13,14)9-7-15-10(16-9)12-4-2-8(6-12)3-5-12/h8H,2-7H2,1H3. The maximum absolute atomic E-state index is 13.1. The number of rotatable bonds is 2. The molecule has 1 heterocycles. The third-order valence-electron chi connectivity index (χ3n) is 4.34. The van der Waals surface area contributed by atoms with Crippen LogP contribution in [-0.4, -0.2) is 24.0 Å². The molecular weight excluding hydrogens is 210 g/mol. The molecule has 0 unspecified atom stereocenters. The van der Waals surface area contributed by atoms with Gasteiger partial charge in [-0.1, -0.05) is 0 Å². The van der Waals surface area contributed by atoms with Crippen molar-refractivity contribution < 1.29 is 8.78 Å². The summed E-state index contributed by atoms with van der Waals surface area (Å²) in [4.78, 5) is 8.40. The van der Waals surface area contributed by atoms with Crippen molar-refractivity contribution in [2.75, 3.05) is 6.54 Å². The minimum Gasteiger partial charge on any atom is -0.264 e.